The van der Waals surface area contributed by atoms with Crippen LogP contribution in [0.2, 0.25) is 0 Å². The van der Waals surface area contributed by atoms with Crippen molar-refractivity contribution in [1.29, 1.82) is 0 Å². The third-order valence-electron chi connectivity index (χ3n) is 4.25. The van der Waals surface area contributed by atoms with Gasteiger partial charge in [-0.3, -0.25) is 4.99 Å². The average molecular weight is 308 g/mol. The summed E-state index contributed by atoms with van der Waals surface area (Å²) in [5.41, 5.74) is 8.85. The predicted molar refractivity (Wildman–Crippen MR) is 101 cm³/mol. The molecule has 0 fully saturated rings. The van der Waals surface area contributed by atoms with E-state index in [1.54, 1.807) is 0 Å². The fourth-order valence-corrected chi connectivity index (χ4v) is 3.02. The molecule has 2 rings (SSSR count). The highest BCUT2D eigenvalue weighted by atomic mass is 15.1. The number of nitrogens with zero attached hydrogens (tertiary/aromatic N) is 2. The predicted octanol–water partition coefficient (Wildman–Crippen LogP) is 4.32. The summed E-state index contributed by atoms with van der Waals surface area (Å²) in [6.45, 7) is 10.5. The number of aliphatic imine (C=N–C) groups is 1. The highest BCUT2D eigenvalue weighted by Crippen LogP contribution is 2.23. The van der Waals surface area contributed by atoms with Crippen molar-refractivity contribution in [1.82, 2.24) is 4.90 Å². The molecular formula is C21H28N2. The zero-order chi connectivity index (χ0) is 17.0. The maximum atomic E-state index is 5.02. The molecular weight excluding hydrogens is 280 g/mol. The zero-order valence-electron chi connectivity index (χ0n) is 15.3. The van der Waals surface area contributed by atoms with Crippen LogP contribution in [0.15, 0.2) is 41.4 Å². The van der Waals surface area contributed by atoms with Gasteiger partial charge < -0.3 is 4.90 Å². The molecule has 122 valence electrons. The minimum Gasteiger partial charge on any atom is -0.308 e. The van der Waals surface area contributed by atoms with E-state index in [1.165, 1.54) is 33.4 Å². The van der Waals surface area contributed by atoms with Crippen molar-refractivity contribution in [2.75, 3.05) is 27.2 Å². The number of aryl methyl sites for hydroxylation is 4. The van der Waals surface area contributed by atoms with Gasteiger partial charge in [0.05, 0.1) is 12.3 Å². The summed E-state index contributed by atoms with van der Waals surface area (Å²) in [4.78, 5) is 7.20. The molecule has 0 spiro atoms. The SMILES string of the molecule is Cc1cccc(C)c1C(=NCCN(C)C)c1c(C)cccc1C. The van der Waals surface area contributed by atoms with Crippen molar-refractivity contribution in [2.24, 2.45) is 4.99 Å². The van der Waals surface area contributed by atoms with Gasteiger partial charge in [0.15, 0.2) is 0 Å². The highest BCUT2D eigenvalue weighted by Gasteiger charge is 2.16. The lowest BCUT2D eigenvalue weighted by molar-refractivity contribution is 0.420. The van der Waals surface area contributed by atoms with Crippen molar-refractivity contribution in [3.8, 4) is 0 Å². The van der Waals surface area contributed by atoms with Gasteiger partial charge in [-0.2, -0.15) is 0 Å². The van der Waals surface area contributed by atoms with Crippen molar-refractivity contribution in [3.05, 3.63) is 69.8 Å². The van der Waals surface area contributed by atoms with Crippen LogP contribution in [0, 0.1) is 27.7 Å². The van der Waals surface area contributed by atoms with Crippen LogP contribution in [0.3, 0.4) is 0 Å². The summed E-state index contributed by atoms with van der Waals surface area (Å²) in [5, 5.41) is 0. The second-order valence-corrected chi connectivity index (χ2v) is 6.57. The summed E-state index contributed by atoms with van der Waals surface area (Å²) in [6.07, 6.45) is 0. The van der Waals surface area contributed by atoms with Crippen molar-refractivity contribution in [3.63, 3.8) is 0 Å². The molecule has 0 aliphatic rings. The van der Waals surface area contributed by atoms with Gasteiger partial charge in [-0.05, 0) is 64.0 Å². The molecule has 2 aromatic rings. The van der Waals surface area contributed by atoms with E-state index in [2.05, 4.69) is 83.1 Å². The molecule has 2 nitrogen and oxygen atoms in total. The number of hydrogen-bond donors (Lipinski definition) is 0. The summed E-state index contributed by atoms with van der Waals surface area (Å²) < 4.78 is 0. The van der Waals surface area contributed by atoms with Crippen molar-refractivity contribution < 1.29 is 0 Å². The molecule has 0 aliphatic heterocycles. The molecule has 0 aromatic heterocycles. The van der Waals surface area contributed by atoms with Crippen LogP contribution in [0.5, 0.6) is 0 Å². The van der Waals surface area contributed by atoms with E-state index < -0.39 is 0 Å². The van der Waals surface area contributed by atoms with E-state index in [4.69, 9.17) is 4.99 Å². The fraction of sp³-hybridized carbons (Fsp3) is 0.381. The number of rotatable bonds is 5. The Morgan fingerprint density at radius 2 is 1.17 bits per heavy atom. The molecule has 0 saturated heterocycles. The Morgan fingerprint density at radius 3 is 1.52 bits per heavy atom. The second-order valence-electron chi connectivity index (χ2n) is 6.57. The molecule has 0 bridgehead atoms. The lowest BCUT2D eigenvalue weighted by Gasteiger charge is -2.18. The Labute approximate surface area is 140 Å². The average Bonchev–Trinajstić information content (AvgIpc) is 2.45. The minimum absolute atomic E-state index is 0.809. The Morgan fingerprint density at radius 1 is 0.783 bits per heavy atom. The molecule has 0 atom stereocenters. The third kappa shape index (κ3) is 4.08. The van der Waals surface area contributed by atoms with E-state index in [0.29, 0.717) is 0 Å². The quantitative estimate of drug-likeness (QED) is 0.751. The molecule has 0 heterocycles. The van der Waals surface area contributed by atoms with Crippen molar-refractivity contribution >= 4 is 5.71 Å². The second kappa shape index (κ2) is 7.56. The van der Waals surface area contributed by atoms with E-state index in [-0.39, 0.29) is 0 Å². The molecule has 0 amide bonds. The lowest BCUT2D eigenvalue weighted by Crippen LogP contribution is -2.18. The van der Waals surface area contributed by atoms with Gasteiger partial charge in [0.1, 0.15) is 0 Å². The van der Waals surface area contributed by atoms with Crippen molar-refractivity contribution in [2.45, 2.75) is 27.7 Å². The normalized spacial score (nSPS) is 10.9. The summed E-state index contributed by atoms with van der Waals surface area (Å²) in [7, 11) is 4.18. The molecule has 2 aromatic carbocycles. The number of hydrogen-bond acceptors (Lipinski definition) is 2. The highest BCUT2D eigenvalue weighted by molar-refractivity contribution is 6.16. The van der Waals surface area contributed by atoms with E-state index >= 15 is 0 Å². The van der Waals surface area contributed by atoms with E-state index in [1.807, 2.05) is 0 Å². The molecule has 0 unspecified atom stereocenters. The molecule has 2 heteroatoms. The molecule has 0 aliphatic carbocycles. The first kappa shape index (κ1) is 17.4. The Hall–Kier alpha value is -1.93. The summed E-state index contributed by atoms with van der Waals surface area (Å²) >= 11 is 0. The number of benzene rings is 2. The first-order valence-electron chi connectivity index (χ1n) is 8.24. The Kier molecular flexibility index (Phi) is 5.73. The maximum Gasteiger partial charge on any atom is 0.0730 e. The summed E-state index contributed by atoms with van der Waals surface area (Å²) in [6, 6.07) is 13.0. The monoisotopic (exact) mass is 308 g/mol. The summed E-state index contributed by atoms with van der Waals surface area (Å²) in [5.74, 6) is 0. The Bertz CT molecular complexity index is 618. The third-order valence-corrected chi connectivity index (χ3v) is 4.25. The van der Waals surface area contributed by atoms with Gasteiger partial charge in [-0.25, -0.2) is 0 Å². The standard InChI is InChI=1S/C21H28N2/c1-15-9-7-10-16(2)19(15)21(22-13-14-23(5)6)20-17(3)11-8-12-18(20)4/h7-12H,13-14H2,1-6H3. The van der Waals surface area contributed by atoms with Gasteiger partial charge in [-0.15, -0.1) is 0 Å². The van der Waals surface area contributed by atoms with Gasteiger partial charge in [0.2, 0.25) is 0 Å². The fourth-order valence-electron chi connectivity index (χ4n) is 3.02. The minimum atomic E-state index is 0.809. The van der Waals surface area contributed by atoms with Crippen LogP contribution in [0.1, 0.15) is 33.4 Å². The largest absolute Gasteiger partial charge is 0.308 e. The van der Waals surface area contributed by atoms with Crippen LogP contribution < -0.4 is 0 Å². The molecule has 23 heavy (non-hydrogen) atoms. The van der Waals surface area contributed by atoms with Crippen LogP contribution >= 0.6 is 0 Å². The van der Waals surface area contributed by atoms with Crippen LogP contribution in [-0.2, 0) is 0 Å². The van der Waals surface area contributed by atoms with E-state index in [0.717, 1.165) is 18.8 Å². The Balaban J connectivity index is 2.62. The molecule has 0 radical (unpaired) electrons. The lowest BCUT2D eigenvalue weighted by atomic mass is 9.89. The number of likely N-dealkylation sites (N-methyl/N-ethyl adjacent to an activating group) is 1. The smallest absolute Gasteiger partial charge is 0.0730 e. The van der Waals surface area contributed by atoms with Gasteiger partial charge in [0.25, 0.3) is 0 Å². The molecule has 0 saturated carbocycles. The maximum absolute atomic E-state index is 5.02. The van der Waals surface area contributed by atoms with Crippen LogP contribution in [0.4, 0.5) is 0 Å². The first-order chi connectivity index (χ1) is 10.9. The zero-order valence-corrected chi connectivity index (χ0v) is 15.3. The van der Waals surface area contributed by atoms with Gasteiger partial charge in [0, 0.05) is 17.7 Å². The van der Waals surface area contributed by atoms with Gasteiger partial charge in [-0.1, -0.05) is 36.4 Å². The van der Waals surface area contributed by atoms with Crippen LogP contribution in [-0.4, -0.2) is 37.8 Å². The topological polar surface area (TPSA) is 15.6 Å². The molecule has 0 N–H and O–H groups in total. The van der Waals surface area contributed by atoms with Crippen LogP contribution in [0.25, 0.3) is 0 Å². The first-order valence-corrected chi connectivity index (χ1v) is 8.24. The van der Waals surface area contributed by atoms with Gasteiger partial charge >= 0.3 is 0 Å². The van der Waals surface area contributed by atoms with E-state index in [9.17, 15) is 0 Å².